The standard InChI is InChI=1S/C24H31ClN4O2/c1-3-26-24(27-15-18(2)31-22-12-10-21(25)11-13-22)28-16-19-7-4-5-8-20(19)17-29-14-6-9-23(29)30/h4-5,7-8,10-13,18H,3,6,9,14-17H2,1-2H3,(H2,26,27,28). The van der Waals surface area contributed by atoms with Crippen molar-refractivity contribution in [3.8, 4) is 5.75 Å². The smallest absolute Gasteiger partial charge is 0.222 e. The van der Waals surface area contributed by atoms with Crippen molar-refractivity contribution in [1.82, 2.24) is 15.5 Å². The van der Waals surface area contributed by atoms with Crippen molar-refractivity contribution in [2.24, 2.45) is 4.99 Å². The molecule has 2 N–H and O–H groups in total. The van der Waals surface area contributed by atoms with Crippen LogP contribution >= 0.6 is 11.6 Å². The lowest BCUT2D eigenvalue weighted by Crippen LogP contribution is -2.41. The number of aliphatic imine (C=N–C) groups is 1. The number of ether oxygens (including phenoxy) is 1. The summed E-state index contributed by atoms with van der Waals surface area (Å²) >= 11 is 5.93. The van der Waals surface area contributed by atoms with Crippen LogP contribution < -0.4 is 15.4 Å². The fraction of sp³-hybridized carbons (Fsp3) is 0.417. The number of rotatable bonds is 9. The molecule has 6 nitrogen and oxygen atoms in total. The molecule has 166 valence electrons. The van der Waals surface area contributed by atoms with Gasteiger partial charge in [0.15, 0.2) is 5.96 Å². The van der Waals surface area contributed by atoms with Gasteiger partial charge in [0, 0.05) is 31.1 Å². The topological polar surface area (TPSA) is 66.0 Å². The maximum Gasteiger partial charge on any atom is 0.222 e. The Morgan fingerprint density at radius 1 is 1.16 bits per heavy atom. The van der Waals surface area contributed by atoms with Gasteiger partial charge in [-0.15, -0.1) is 0 Å². The van der Waals surface area contributed by atoms with E-state index in [9.17, 15) is 4.79 Å². The summed E-state index contributed by atoms with van der Waals surface area (Å²) in [6.07, 6.45) is 1.56. The van der Waals surface area contributed by atoms with Crippen molar-refractivity contribution in [1.29, 1.82) is 0 Å². The summed E-state index contributed by atoms with van der Waals surface area (Å²) in [6.45, 7) is 7.46. The summed E-state index contributed by atoms with van der Waals surface area (Å²) in [5, 5.41) is 7.31. The average Bonchev–Trinajstić information content (AvgIpc) is 3.17. The highest BCUT2D eigenvalue weighted by atomic mass is 35.5. The third-order valence-corrected chi connectivity index (χ3v) is 5.36. The second kappa shape index (κ2) is 11.6. The molecule has 0 radical (unpaired) electrons. The van der Waals surface area contributed by atoms with E-state index in [1.54, 1.807) is 0 Å². The van der Waals surface area contributed by atoms with Crippen LogP contribution in [-0.2, 0) is 17.9 Å². The van der Waals surface area contributed by atoms with Gasteiger partial charge < -0.3 is 20.3 Å². The third-order valence-electron chi connectivity index (χ3n) is 5.11. The zero-order valence-electron chi connectivity index (χ0n) is 18.2. The van der Waals surface area contributed by atoms with Crippen LogP contribution in [0.15, 0.2) is 53.5 Å². The molecule has 1 saturated heterocycles. The van der Waals surface area contributed by atoms with E-state index < -0.39 is 0 Å². The maximum absolute atomic E-state index is 12.0. The molecule has 0 aliphatic carbocycles. The van der Waals surface area contributed by atoms with Gasteiger partial charge in [0.25, 0.3) is 0 Å². The Morgan fingerprint density at radius 2 is 1.90 bits per heavy atom. The monoisotopic (exact) mass is 442 g/mol. The van der Waals surface area contributed by atoms with Crippen LogP contribution in [0.25, 0.3) is 0 Å². The second-order valence-electron chi connectivity index (χ2n) is 7.65. The van der Waals surface area contributed by atoms with E-state index in [0.29, 0.717) is 31.1 Å². The van der Waals surface area contributed by atoms with Gasteiger partial charge in [-0.3, -0.25) is 4.79 Å². The highest BCUT2D eigenvalue weighted by molar-refractivity contribution is 6.30. The molecule has 1 heterocycles. The summed E-state index contributed by atoms with van der Waals surface area (Å²) < 4.78 is 5.92. The van der Waals surface area contributed by atoms with Crippen LogP contribution in [0.4, 0.5) is 0 Å². The van der Waals surface area contributed by atoms with E-state index in [2.05, 4.69) is 22.8 Å². The van der Waals surface area contributed by atoms with Gasteiger partial charge in [-0.05, 0) is 55.7 Å². The van der Waals surface area contributed by atoms with Gasteiger partial charge in [-0.1, -0.05) is 35.9 Å². The van der Waals surface area contributed by atoms with Crippen LogP contribution in [0, 0.1) is 0 Å². The minimum atomic E-state index is -0.0431. The van der Waals surface area contributed by atoms with Crippen LogP contribution in [0.2, 0.25) is 5.02 Å². The van der Waals surface area contributed by atoms with Gasteiger partial charge >= 0.3 is 0 Å². The van der Waals surface area contributed by atoms with E-state index >= 15 is 0 Å². The molecule has 2 aromatic carbocycles. The summed E-state index contributed by atoms with van der Waals surface area (Å²) in [6, 6.07) is 15.5. The first kappa shape index (κ1) is 22.9. The first-order valence-corrected chi connectivity index (χ1v) is 11.2. The van der Waals surface area contributed by atoms with Crippen LogP contribution in [0.3, 0.4) is 0 Å². The summed E-state index contributed by atoms with van der Waals surface area (Å²) in [5.74, 6) is 1.76. The number of nitrogens with one attached hydrogen (secondary N) is 2. The van der Waals surface area contributed by atoms with Crippen LogP contribution in [0.5, 0.6) is 5.75 Å². The first-order chi connectivity index (χ1) is 15.0. The van der Waals surface area contributed by atoms with Gasteiger partial charge in [-0.25, -0.2) is 4.99 Å². The molecule has 7 heteroatoms. The highest BCUT2D eigenvalue weighted by Gasteiger charge is 2.20. The third kappa shape index (κ3) is 7.17. The van der Waals surface area contributed by atoms with Gasteiger partial charge in [0.05, 0.1) is 13.1 Å². The molecule has 1 fully saturated rings. The van der Waals surface area contributed by atoms with Crippen LogP contribution in [0.1, 0.15) is 37.8 Å². The Bertz CT molecular complexity index is 885. The zero-order chi connectivity index (χ0) is 22.1. The highest BCUT2D eigenvalue weighted by Crippen LogP contribution is 2.18. The molecule has 2 aromatic rings. The molecule has 1 aliphatic heterocycles. The molecule has 1 amide bonds. The predicted molar refractivity (Wildman–Crippen MR) is 125 cm³/mol. The number of carbonyl (C=O) groups is 1. The van der Waals surface area contributed by atoms with Crippen molar-refractivity contribution < 1.29 is 9.53 Å². The molecular formula is C24H31ClN4O2. The largest absolute Gasteiger partial charge is 0.489 e. The fourth-order valence-electron chi connectivity index (χ4n) is 3.48. The molecular weight excluding hydrogens is 412 g/mol. The second-order valence-corrected chi connectivity index (χ2v) is 8.08. The minimum absolute atomic E-state index is 0.0431. The predicted octanol–water partition coefficient (Wildman–Crippen LogP) is 3.99. The number of nitrogens with zero attached hydrogens (tertiary/aromatic N) is 2. The number of likely N-dealkylation sites (tertiary alicyclic amines) is 1. The Labute approximate surface area is 189 Å². The zero-order valence-corrected chi connectivity index (χ0v) is 19.0. The van der Waals surface area contributed by atoms with Gasteiger partial charge in [0.1, 0.15) is 11.9 Å². The van der Waals surface area contributed by atoms with Crippen molar-refractivity contribution in [3.63, 3.8) is 0 Å². The van der Waals surface area contributed by atoms with E-state index in [1.807, 2.05) is 55.1 Å². The van der Waals surface area contributed by atoms with E-state index in [4.69, 9.17) is 21.3 Å². The molecule has 0 aromatic heterocycles. The number of hydrogen-bond acceptors (Lipinski definition) is 3. The molecule has 0 bridgehead atoms. The molecule has 1 atom stereocenters. The van der Waals surface area contributed by atoms with Crippen molar-refractivity contribution in [2.45, 2.75) is 45.9 Å². The Balaban J connectivity index is 1.58. The molecule has 1 aliphatic rings. The normalized spacial score (nSPS) is 15.1. The molecule has 0 saturated carbocycles. The number of carbonyl (C=O) groups excluding carboxylic acids is 1. The number of halogens is 1. The van der Waals surface area contributed by atoms with E-state index in [0.717, 1.165) is 42.3 Å². The minimum Gasteiger partial charge on any atom is -0.489 e. The molecule has 0 spiro atoms. The SMILES string of the molecule is CCNC(=NCc1ccccc1CN1CCCC1=O)NCC(C)Oc1ccc(Cl)cc1. The molecule has 31 heavy (non-hydrogen) atoms. The van der Waals surface area contributed by atoms with Crippen molar-refractivity contribution in [3.05, 3.63) is 64.7 Å². The Morgan fingerprint density at radius 3 is 2.58 bits per heavy atom. The summed E-state index contributed by atoms with van der Waals surface area (Å²) in [5.41, 5.74) is 2.28. The van der Waals surface area contributed by atoms with Gasteiger partial charge in [0.2, 0.25) is 5.91 Å². The quantitative estimate of drug-likeness (QED) is 0.455. The molecule has 1 unspecified atom stereocenters. The van der Waals surface area contributed by atoms with Gasteiger partial charge in [-0.2, -0.15) is 0 Å². The first-order valence-electron chi connectivity index (χ1n) is 10.8. The van der Waals surface area contributed by atoms with Crippen molar-refractivity contribution >= 4 is 23.5 Å². The summed E-state index contributed by atoms with van der Waals surface area (Å²) in [7, 11) is 0. The lowest BCUT2D eigenvalue weighted by molar-refractivity contribution is -0.128. The average molecular weight is 443 g/mol. The summed E-state index contributed by atoms with van der Waals surface area (Å²) in [4.78, 5) is 18.7. The number of benzene rings is 2. The lowest BCUT2D eigenvalue weighted by atomic mass is 10.1. The van der Waals surface area contributed by atoms with E-state index in [-0.39, 0.29) is 12.0 Å². The fourth-order valence-corrected chi connectivity index (χ4v) is 3.60. The Hall–Kier alpha value is -2.73. The Kier molecular flexibility index (Phi) is 8.59. The molecule has 3 rings (SSSR count). The van der Waals surface area contributed by atoms with Crippen molar-refractivity contribution in [2.75, 3.05) is 19.6 Å². The lowest BCUT2D eigenvalue weighted by Gasteiger charge is -2.19. The maximum atomic E-state index is 12.0. The number of hydrogen-bond donors (Lipinski definition) is 2. The number of amides is 1. The number of guanidine groups is 1. The van der Waals surface area contributed by atoms with E-state index in [1.165, 1.54) is 0 Å². The van der Waals surface area contributed by atoms with Crippen LogP contribution in [-0.4, -0.2) is 42.5 Å².